The van der Waals surface area contributed by atoms with Crippen LogP contribution in [0.15, 0.2) is 6.07 Å². The Bertz CT molecular complexity index is 475. The van der Waals surface area contributed by atoms with E-state index in [0.29, 0.717) is 6.07 Å². The van der Waals surface area contributed by atoms with Gasteiger partial charge in [-0.1, -0.05) is 0 Å². The van der Waals surface area contributed by atoms with E-state index in [0.717, 1.165) is 14.2 Å². The first-order valence-electron chi connectivity index (χ1n) is 4.80. The largest absolute Gasteiger partial charge is 0.573 e. The zero-order chi connectivity index (χ0) is 14.6. The molecule has 0 aliphatic carbocycles. The molecule has 9 heteroatoms. The summed E-state index contributed by atoms with van der Waals surface area (Å²) >= 11 is 0. The van der Waals surface area contributed by atoms with Crippen molar-refractivity contribution in [3.8, 4) is 11.6 Å². The lowest BCUT2D eigenvalue weighted by Gasteiger charge is -2.15. The topological polar surface area (TPSA) is 57.7 Å². The van der Waals surface area contributed by atoms with Crippen molar-refractivity contribution >= 4 is 5.97 Å². The summed E-state index contributed by atoms with van der Waals surface area (Å²) in [7, 11) is 2.02. The highest BCUT2D eigenvalue weighted by Crippen LogP contribution is 2.33. The normalized spacial score (nSPS) is 11.1. The van der Waals surface area contributed by atoms with E-state index >= 15 is 0 Å². The van der Waals surface area contributed by atoms with Crippen LogP contribution in [0.25, 0.3) is 0 Å². The summed E-state index contributed by atoms with van der Waals surface area (Å²) in [5.74, 6) is -2.59. The molecule has 0 bridgehead atoms. The number of pyridine rings is 1. The Morgan fingerprint density at radius 1 is 1.37 bits per heavy atom. The SMILES string of the molecule is COC(=O)c1c(OC(F)(F)F)cc(CF)nc1OC. The summed E-state index contributed by atoms with van der Waals surface area (Å²) in [5, 5.41) is 0. The monoisotopic (exact) mass is 283 g/mol. The van der Waals surface area contributed by atoms with Gasteiger partial charge in [-0.25, -0.2) is 14.2 Å². The number of methoxy groups -OCH3 is 2. The fourth-order valence-corrected chi connectivity index (χ4v) is 1.26. The van der Waals surface area contributed by atoms with E-state index in [1.807, 2.05) is 0 Å². The van der Waals surface area contributed by atoms with Crippen LogP contribution in [0.5, 0.6) is 11.6 Å². The molecule has 0 aliphatic heterocycles. The van der Waals surface area contributed by atoms with Gasteiger partial charge in [0.05, 0.1) is 19.9 Å². The van der Waals surface area contributed by atoms with E-state index in [1.165, 1.54) is 0 Å². The van der Waals surface area contributed by atoms with Gasteiger partial charge in [0, 0.05) is 6.07 Å². The number of alkyl halides is 4. The first kappa shape index (κ1) is 15.0. The molecular weight excluding hydrogens is 274 g/mol. The molecule has 1 heterocycles. The van der Waals surface area contributed by atoms with Gasteiger partial charge in [-0.15, -0.1) is 13.2 Å². The number of rotatable bonds is 4. The molecule has 1 aromatic heterocycles. The maximum absolute atomic E-state index is 12.5. The molecule has 0 saturated heterocycles. The molecule has 0 amide bonds. The summed E-state index contributed by atoms with van der Waals surface area (Å²) in [6, 6.07) is 0.655. The minimum Gasteiger partial charge on any atom is -0.480 e. The Balaban J connectivity index is 3.41. The first-order chi connectivity index (χ1) is 8.82. The van der Waals surface area contributed by atoms with Crippen molar-refractivity contribution in [1.29, 1.82) is 0 Å². The number of esters is 1. The third-order valence-electron chi connectivity index (χ3n) is 1.95. The third-order valence-corrected chi connectivity index (χ3v) is 1.95. The fourth-order valence-electron chi connectivity index (χ4n) is 1.26. The van der Waals surface area contributed by atoms with Crippen LogP contribution in [-0.2, 0) is 11.4 Å². The lowest BCUT2D eigenvalue weighted by Crippen LogP contribution is -2.20. The maximum atomic E-state index is 12.5. The van der Waals surface area contributed by atoms with Crippen molar-refractivity contribution < 1.29 is 36.6 Å². The molecule has 0 spiro atoms. The Hall–Kier alpha value is -2.06. The highest BCUT2D eigenvalue weighted by molar-refractivity contribution is 5.95. The van der Waals surface area contributed by atoms with E-state index in [2.05, 4.69) is 19.2 Å². The number of halogens is 4. The fraction of sp³-hybridized carbons (Fsp3) is 0.400. The quantitative estimate of drug-likeness (QED) is 0.626. The van der Waals surface area contributed by atoms with E-state index < -0.39 is 36.2 Å². The van der Waals surface area contributed by atoms with Gasteiger partial charge in [-0.05, 0) is 0 Å². The summed E-state index contributed by atoms with van der Waals surface area (Å²) in [5.41, 5.74) is -1.04. The molecule has 0 radical (unpaired) electrons. The lowest BCUT2D eigenvalue weighted by atomic mass is 10.2. The van der Waals surface area contributed by atoms with Crippen molar-refractivity contribution in [2.75, 3.05) is 14.2 Å². The van der Waals surface area contributed by atoms with Gasteiger partial charge in [0.15, 0.2) is 11.3 Å². The average molecular weight is 283 g/mol. The predicted molar refractivity (Wildman–Crippen MR) is 53.6 cm³/mol. The van der Waals surface area contributed by atoms with Gasteiger partial charge in [0.25, 0.3) is 0 Å². The minimum atomic E-state index is -5.05. The van der Waals surface area contributed by atoms with Crippen LogP contribution in [-0.4, -0.2) is 31.5 Å². The number of ether oxygens (including phenoxy) is 3. The number of aromatic nitrogens is 1. The Labute approximate surface area is 105 Å². The second-order valence-electron chi connectivity index (χ2n) is 3.17. The Kier molecular flexibility index (Phi) is 4.52. The number of carbonyl (C=O) groups is 1. The molecule has 106 valence electrons. The number of carbonyl (C=O) groups excluding carboxylic acids is 1. The zero-order valence-corrected chi connectivity index (χ0v) is 9.88. The molecule has 0 N–H and O–H groups in total. The zero-order valence-electron chi connectivity index (χ0n) is 9.88. The summed E-state index contributed by atoms with van der Waals surface area (Å²) < 4.78 is 61.8. The van der Waals surface area contributed by atoms with Crippen molar-refractivity contribution in [1.82, 2.24) is 4.98 Å². The molecule has 0 saturated carbocycles. The van der Waals surface area contributed by atoms with E-state index in [4.69, 9.17) is 0 Å². The molecule has 1 rings (SSSR count). The standard InChI is InChI=1S/C10H9F4NO4/c1-17-8-7(9(16)18-2)6(19-10(12,13)14)3-5(4-11)15-8/h3H,4H2,1-2H3. The van der Waals surface area contributed by atoms with Crippen molar-refractivity contribution in [3.05, 3.63) is 17.3 Å². The van der Waals surface area contributed by atoms with Crippen LogP contribution in [0, 0.1) is 0 Å². The average Bonchev–Trinajstić information content (AvgIpc) is 2.34. The summed E-state index contributed by atoms with van der Waals surface area (Å²) in [4.78, 5) is 14.9. The molecule has 0 unspecified atom stereocenters. The van der Waals surface area contributed by atoms with Crippen LogP contribution >= 0.6 is 0 Å². The van der Waals surface area contributed by atoms with Crippen LogP contribution in [0.3, 0.4) is 0 Å². The highest BCUT2D eigenvalue weighted by Gasteiger charge is 2.35. The molecule has 19 heavy (non-hydrogen) atoms. The van der Waals surface area contributed by atoms with Gasteiger partial charge in [0.2, 0.25) is 5.88 Å². The second-order valence-corrected chi connectivity index (χ2v) is 3.17. The van der Waals surface area contributed by atoms with Crippen molar-refractivity contribution in [3.63, 3.8) is 0 Å². The molecular formula is C10H9F4NO4. The van der Waals surface area contributed by atoms with Crippen molar-refractivity contribution in [2.45, 2.75) is 13.0 Å². The highest BCUT2D eigenvalue weighted by atomic mass is 19.4. The van der Waals surface area contributed by atoms with Gasteiger partial charge < -0.3 is 14.2 Å². The lowest BCUT2D eigenvalue weighted by molar-refractivity contribution is -0.274. The van der Waals surface area contributed by atoms with Crippen LogP contribution in [0.1, 0.15) is 16.1 Å². The third kappa shape index (κ3) is 3.70. The number of nitrogens with zero attached hydrogens (tertiary/aromatic N) is 1. The molecule has 0 fully saturated rings. The Morgan fingerprint density at radius 3 is 2.42 bits per heavy atom. The number of hydrogen-bond donors (Lipinski definition) is 0. The van der Waals surface area contributed by atoms with Crippen LogP contribution in [0.4, 0.5) is 17.6 Å². The first-order valence-corrected chi connectivity index (χ1v) is 4.80. The molecule has 0 aliphatic rings. The van der Waals surface area contributed by atoms with Gasteiger partial charge in [0.1, 0.15) is 6.67 Å². The second kappa shape index (κ2) is 5.72. The molecule has 0 atom stereocenters. The Morgan fingerprint density at radius 2 is 2.00 bits per heavy atom. The van der Waals surface area contributed by atoms with Gasteiger partial charge >= 0.3 is 12.3 Å². The predicted octanol–water partition coefficient (Wildman–Crippen LogP) is 2.24. The van der Waals surface area contributed by atoms with E-state index in [9.17, 15) is 22.4 Å². The maximum Gasteiger partial charge on any atom is 0.573 e. The van der Waals surface area contributed by atoms with E-state index in [1.54, 1.807) is 0 Å². The van der Waals surface area contributed by atoms with Crippen molar-refractivity contribution in [2.24, 2.45) is 0 Å². The molecule has 5 nitrogen and oxygen atoms in total. The van der Waals surface area contributed by atoms with Gasteiger partial charge in [-0.2, -0.15) is 0 Å². The van der Waals surface area contributed by atoms with Crippen LogP contribution < -0.4 is 9.47 Å². The van der Waals surface area contributed by atoms with Crippen LogP contribution in [0.2, 0.25) is 0 Å². The number of hydrogen-bond acceptors (Lipinski definition) is 5. The van der Waals surface area contributed by atoms with Gasteiger partial charge in [-0.3, -0.25) is 0 Å². The summed E-state index contributed by atoms with van der Waals surface area (Å²) in [6.45, 7) is -1.15. The minimum absolute atomic E-state index is 0.372. The molecule has 0 aromatic carbocycles. The molecule has 1 aromatic rings. The van der Waals surface area contributed by atoms with E-state index in [-0.39, 0.29) is 5.69 Å². The smallest absolute Gasteiger partial charge is 0.480 e. The summed E-state index contributed by atoms with van der Waals surface area (Å²) in [6.07, 6.45) is -5.05.